The minimum absolute atomic E-state index is 0. The normalized spacial score (nSPS) is 11.3. The summed E-state index contributed by atoms with van der Waals surface area (Å²) < 4.78 is 21.2. The second-order valence-electron chi connectivity index (χ2n) is 5.95. The maximum Gasteiger partial charge on any atom is 1.00 e. The van der Waals surface area contributed by atoms with Gasteiger partial charge < -0.3 is 5.11 Å². The predicted octanol–water partition coefficient (Wildman–Crippen LogP) is -0.435. The molecule has 0 aromatic rings. The van der Waals surface area contributed by atoms with Crippen LogP contribution in [-0.2, 0) is 10.0 Å². The van der Waals surface area contributed by atoms with E-state index in [4.69, 9.17) is 5.14 Å². The molecule has 6 heteroatoms. The first-order chi connectivity index (χ1) is 8.56. The van der Waals surface area contributed by atoms with Crippen LogP contribution in [0.15, 0.2) is 0 Å². The quantitative estimate of drug-likeness (QED) is 0.459. The third kappa shape index (κ3) is 42.7. The molecule has 0 aliphatic heterocycles. The molecule has 2 N–H and O–H groups in total. The van der Waals surface area contributed by atoms with Crippen LogP contribution in [0.1, 0.15) is 79.1 Å². The Hall–Kier alpha value is 1.51. The van der Waals surface area contributed by atoms with Crippen LogP contribution in [0.3, 0.4) is 0 Å². The molecule has 118 valence electrons. The summed E-state index contributed by atoms with van der Waals surface area (Å²) in [7, 11) is -3.23. The van der Waals surface area contributed by atoms with Gasteiger partial charge in [0.2, 0.25) is 10.0 Å². The Labute approximate surface area is 168 Å². The van der Waals surface area contributed by atoms with Gasteiger partial charge in [0.25, 0.3) is 0 Å². The van der Waals surface area contributed by atoms with E-state index in [1.54, 1.807) is 20.8 Å². The molecule has 0 saturated heterocycles. The molecule has 0 aliphatic rings. The van der Waals surface area contributed by atoms with Crippen LogP contribution in [-0.4, -0.2) is 19.8 Å². The maximum absolute atomic E-state index is 10.6. The van der Waals surface area contributed by atoms with Gasteiger partial charge >= 0.3 is 51.4 Å². The van der Waals surface area contributed by atoms with E-state index >= 15 is 0 Å². The van der Waals surface area contributed by atoms with Gasteiger partial charge in [-0.3, -0.25) is 0 Å². The molecule has 0 unspecified atom stereocenters. The number of sulfonamides is 1. The average molecular weight is 334 g/mol. The van der Waals surface area contributed by atoms with Crippen molar-refractivity contribution in [3.05, 3.63) is 0 Å². The van der Waals surface area contributed by atoms with Gasteiger partial charge in [-0.2, -0.15) is 0 Å². The molecule has 4 nitrogen and oxygen atoms in total. The summed E-state index contributed by atoms with van der Waals surface area (Å²) in [6.45, 7) is 7.10. The zero-order valence-corrected chi connectivity index (χ0v) is 18.0. The van der Waals surface area contributed by atoms with Gasteiger partial charge in [0.1, 0.15) is 0 Å². The summed E-state index contributed by atoms with van der Waals surface area (Å²) >= 11 is 0. The fourth-order valence-corrected chi connectivity index (χ4v) is 2.04. The number of hydrogen-bond donors (Lipinski definition) is 1. The zero-order chi connectivity index (χ0) is 15.4. The van der Waals surface area contributed by atoms with Crippen molar-refractivity contribution in [1.29, 1.82) is 0 Å². The van der Waals surface area contributed by atoms with Crippen LogP contribution in [0.4, 0.5) is 0 Å². The fraction of sp³-hybridized carbons (Fsp3) is 1.00. The number of primary sulfonamides is 1. The summed E-state index contributed by atoms with van der Waals surface area (Å²) in [4.78, 5) is 0. The molecule has 0 radical (unpaired) electrons. The van der Waals surface area contributed by atoms with Gasteiger partial charge in [0.15, 0.2) is 0 Å². The van der Waals surface area contributed by atoms with Crippen LogP contribution in [0, 0.1) is 0 Å². The Bertz CT molecular complexity index is 281. The molecule has 0 aliphatic carbocycles. The second-order valence-corrected chi connectivity index (χ2v) is 7.69. The molecule has 20 heavy (non-hydrogen) atoms. The Balaban J connectivity index is -0.000000414. The molecule has 0 spiro atoms. The summed E-state index contributed by atoms with van der Waals surface area (Å²) in [5.41, 5.74) is -0.750. The Morgan fingerprint density at radius 1 is 0.900 bits per heavy atom. The third-order valence-corrected chi connectivity index (χ3v) is 3.14. The standard InChI is InChI=1S/C10H23NO2S.C4H9O.K/c1-2-3-4-5-6-7-8-9-10-14(11,12)13;1-4(2,3)5;/h2-10H2,1H3,(H2,11,12,13);1-3H3;/q;-1;+1. The number of nitrogens with two attached hydrogens (primary N) is 1. The van der Waals surface area contributed by atoms with Crippen molar-refractivity contribution in [3.8, 4) is 0 Å². The molecule has 0 aromatic carbocycles. The third-order valence-electron chi connectivity index (χ3n) is 2.28. The number of hydrogen-bond acceptors (Lipinski definition) is 3. The van der Waals surface area contributed by atoms with E-state index in [0.29, 0.717) is 6.42 Å². The molecular weight excluding hydrogens is 301 g/mol. The van der Waals surface area contributed by atoms with E-state index in [2.05, 4.69) is 6.92 Å². The monoisotopic (exact) mass is 333 g/mol. The minimum Gasteiger partial charge on any atom is -0.850 e. The molecule has 0 amide bonds. The smallest absolute Gasteiger partial charge is 0.850 e. The van der Waals surface area contributed by atoms with E-state index in [-0.39, 0.29) is 57.1 Å². The average Bonchev–Trinajstić information content (AvgIpc) is 2.18. The molecule has 0 saturated carbocycles. The van der Waals surface area contributed by atoms with Crippen LogP contribution < -0.4 is 61.6 Å². The first kappa shape index (κ1) is 26.4. The zero-order valence-electron chi connectivity index (χ0n) is 14.1. The van der Waals surface area contributed by atoms with Crippen LogP contribution >= 0.6 is 0 Å². The number of unbranched alkanes of at least 4 members (excludes halogenated alkanes) is 7. The van der Waals surface area contributed by atoms with Crippen molar-refractivity contribution in [2.45, 2.75) is 84.7 Å². The van der Waals surface area contributed by atoms with Crippen molar-refractivity contribution < 1.29 is 64.9 Å². The molecule has 0 atom stereocenters. The molecule has 0 aromatic heterocycles. The van der Waals surface area contributed by atoms with E-state index in [1.807, 2.05) is 0 Å². The summed E-state index contributed by atoms with van der Waals surface area (Å²) in [5.74, 6) is 0.141. The fourth-order valence-electron chi connectivity index (χ4n) is 1.44. The van der Waals surface area contributed by atoms with Gasteiger partial charge in [-0.1, -0.05) is 72.6 Å². The topological polar surface area (TPSA) is 83.2 Å². The molecule has 0 bridgehead atoms. The SMILES string of the molecule is CC(C)(C)[O-].CCCCCCCCCCS(N)(=O)=O.[K+]. The van der Waals surface area contributed by atoms with Crippen LogP contribution in [0.2, 0.25) is 0 Å². The van der Waals surface area contributed by atoms with Gasteiger partial charge in [-0.15, -0.1) is 5.60 Å². The van der Waals surface area contributed by atoms with Crippen molar-refractivity contribution in [2.75, 3.05) is 5.75 Å². The van der Waals surface area contributed by atoms with E-state index < -0.39 is 15.6 Å². The van der Waals surface area contributed by atoms with Gasteiger partial charge in [-0.05, 0) is 6.42 Å². The maximum atomic E-state index is 10.6. The van der Waals surface area contributed by atoms with Crippen LogP contribution in [0.5, 0.6) is 0 Å². The van der Waals surface area contributed by atoms with Crippen LogP contribution in [0.25, 0.3) is 0 Å². The molecular formula is C14H32KNO3S. The van der Waals surface area contributed by atoms with Gasteiger partial charge in [0.05, 0.1) is 5.75 Å². The molecule has 0 fully saturated rings. The summed E-state index contributed by atoms with van der Waals surface area (Å²) in [5, 5.41) is 15.0. The van der Waals surface area contributed by atoms with Crippen molar-refractivity contribution >= 4 is 10.0 Å². The molecule has 0 heterocycles. The second kappa shape index (κ2) is 15.4. The Morgan fingerprint density at radius 2 is 1.20 bits per heavy atom. The Kier molecular flexibility index (Phi) is 20.3. The van der Waals surface area contributed by atoms with E-state index in [9.17, 15) is 13.5 Å². The van der Waals surface area contributed by atoms with E-state index in [1.165, 1.54) is 32.1 Å². The van der Waals surface area contributed by atoms with Gasteiger partial charge in [0, 0.05) is 0 Å². The summed E-state index contributed by atoms with van der Waals surface area (Å²) in [6.07, 6.45) is 9.25. The van der Waals surface area contributed by atoms with Crippen molar-refractivity contribution in [2.24, 2.45) is 5.14 Å². The Morgan fingerprint density at radius 3 is 1.50 bits per heavy atom. The van der Waals surface area contributed by atoms with Gasteiger partial charge in [-0.25, -0.2) is 13.6 Å². The predicted molar refractivity (Wildman–Crippen MR) is 80.3 cm³/mol. The van der Waals surface area contributed by atoms with Crippen molar-refractivity contribution in [1.82, 2.24) is 0 Å². The number of rotatable bonds is 9. The first-order valence-electron chi connectivity index (χ1n) is 7.27. The molecule has 0 rings (SSSR count). The largest absolute Gasteiger partial charge is 1.00 e. The van der Waals surface area contributed by atoms with E-state index in [0.717, 1.165) is 12.8 Å². The summed E-state index contributed by atoms with van der Waals surface area (Å²) in [6, 6.07) is 0. The first-order valence-corrected chi connectivity index (χ1v) is 8.98. The van der Waals surface area contributed by atoms with Crippen molar-refractivity contribution in [3.63, 3.8) is 0 Å². The minimum atomic E-state index is -3.23.